The van der Waals surface area contributed by atoms with E-state index in [-0.39, 0.29) is 4.90 Å². The normalized spacial score (nSPS) is 11.5. The van der Waals surface area contributed by atoms with Crippen molar-refractivity contribution in [1.29, 1.82) is 0 Å². The first-order valence-corrected chi connectivity index (χ1v) is 6.67. The second-order valence-electron chi connectivity index (χ2n) is 3.05. The van der Waals surface area contributed by atoms with Crippen LogP contribution in [0.5, 0.6) is 0 Å². The van der Waals surface area contributed by atoms with Crippen LogP contribution >= 0.6 is 11.3 Å². The maximum absolute atomic E-state index is 11.0. The molecule has 0 aliphatic heterocycles. The molecule has 0 saturated heterocycles. The number of thiophene rings is 1. The van der Waals surface area contributed by atoms with E-state index in [0.29, 0.717) is 0 Å². The molecule has 0 spiro atoms. The molecule has 0 atom stereocenters. The van der Waals surface area contributed by atoms with Gasteiger partial charge in [0, 0.05) is 4.88 Å². The number of sulfonamides is 1. The molecule has 0 saturated carbocycles. The number of hydrogen-bond acceptors (Lipinski definition) is 3. The van der Waals surface area contributed by atoms with Gasteiger partial charge in [-0.3, -0.25) is 0 Å². The van der Waals surface area contributed by atoms with Crippen molar-refractivity contribution in [3.05, 3.63) is 41.8 Å². The number of benzene rings is 1. The highest BCUT2D eigenvalue weighted by Crippen LogP contribution is 2.25. The Morgan fingerprint density at radius 3 is 2.20 bits per heavy atom. The molecule has 2 N–H and O–H groups in total. The van der Waals surface area contributed by atoms with Gasteiger partial charge in [0.2, 0.25) is 10.0 Å². The van der Waals surface area contributed by atoms with Crippen LogP contribution in [0.1, 0.15) is 0 Å². The van der Waals surface area contributed by atoms with E-state index < -0.39 is 10.0 Å². The Bertz CT molecular complexity index is 542. The maximum atomic E-state index is 11.0. The fourth-order valence-corrected chi connectivity index (χ4v) is 2.50. The van der Waals surface area contributed by atoms with Gasteiger partial charge < -0.3 is 0 Å². The Balaban J connectivity index is 2.42. The molecule has 0 fully saturated rings. The summed E-state index contributed by atoms with van der Waals surface area (Å²) in [5, 5.41) is 6.98. The molecule has 0 amide bonds. The Morgan fingerprint density at radius 1 is 1.07 bits per heavy atom. The molecule has 2 aromatic rings. The van der Waals surface area contributed by atoms with Gasteiger partial charge in [-0.05, 0) is 29.1 Å². The molecule has 1 heterocycles. The monoisotopic (exact) mass is 239 g/mol. The third kappa shape index (κ3) is 2.26. The largest absolute Gasteiger partial charge is 0.238 e. The van der Waals surface area contributed by atoms with Crippen molar-refractivity contribution in [1.82, 2.24) is 0 Å². The zero-order valence-corrected chi connectivity index (χ0v) is 9.38. The van der Waals surface area contributed by atoms with E-state index in [1.165, 1.54) is 12.1 Å². The zero-order valence-electron chi connectivity index (χ0n) is 7.75. The second kappa shape index (κ2) is 3.77. The van der Waals surface area contributed by atoms with Gasteiger partial charge in [0.25, 0.3) is 0 Å². The lowest BCUT2D eigenvalue weighted by atomic mass is 10.2. The highest BCUT2D eigenvalue weighted by molar-refractivity contribution is 7.89. The summed E-state index contributed by atoms with van der Waals surface area (Å²) >= 11 is 1.61. The van der Waals surface area contributed by atoms with E-state index in [1.807, 2.05) is 17.5 Å². The fraction of sp³-hybridized carbons (Fsp3) is 0. The van der Waals surface area contributed by atoms with Crippen molar-refractivity contribution < 1.29 is 8.42 Å². The van der Waals surface area contributed by atoms with Crippen molar-refractivity contribution in [2.24, 2.45) is 5.14 Å². The molecule has 0 unspecified atom stereocenters. The minimum Gasteiger partial charge on any atom is -0.225 e. The topological polar surface area (TPSA) is 60.2 Å². The molecule has 0 radical (unpaired) electrons. The van der Waals surface area contributed by atoms with Crippen molar-refractivity contribution in [3.63, 3.8) is 0 Å². The maximum Gasteiger partial charge on any atom is 0.238 e. The summed E-state index contributed by atoms with van der Waals surface area (Å²) in [4.78, 5) is 1.25. The molecule has 1 aromatic carbocycles. The van der Waals surface area contributed by atoms with Crippen molar-refractivity contribution in [2.45, 2.75) is 4.90 Å². The van der Waals surface area contributed by atoms with E-state index in [0.717, 1.165) is 10.4 Å². The molecule has 1 aromatic heterocycles. The van der Waals surface area contributed by atoms with Gasteiger partial charge in [0.05, 0.1) is 4.90 Å². The lowest BCUT2D eigenvalue weighted by molar-refractivity contribution is 0.598. The Kier molecular flexibility index (Phi) is 2.60. The number of primary sulfonamides is 1. The zero-order chi connectivity index (χ0) is 10.9. The number of hydrogen-bond donors (Lipinski definition) is 1. The van der Waals surface area contributed by atoms with Gasteiger partial charge in [0.1, 0.15) is 0 Å². The lowest BCUT2D eigenvalue weighted by Gasteiger charge is -2.00. The van der Waals surface area contributed by atoms with Crippen LogP contribution in [0.3, 0.4) is 0 Å². The molecule has 78 valence electrons. The molecule has 0 bridgehead atoms. The molecule has 2 rings (SSSR count). The average molecular weight is 239 g/mol. The molecular weight excluding hydrogens is 230 g/mol. The summed E-state index contributed by atoms with van der Waals surface area (Å²) in [6.07, 6.45) is 0. The van der Waals surface area contributed by atoms with Crippen molar-refractivity contribution in [3.8, 4) is 10.4 Å². The van der Waals surface area contributed by atoms with Gasteiger partial charge in [-0.15, -0.1) is 11.3 Å². The van der Waals surface area contributed by atoms with Gasteiger partial charge in [-0.2, -0.15) is 0 Å². The summed E-state index contributed by atoms with van der Waals surface area (Å²) in [5.41, 5.74) is 0.998. The van der Waals surface area contributed by atoms with Crippen LogP contribution < -0.4 is 5.14 Å². The molecule has 0 aliphatic carbocycles. The highest BCUT2D eigenvalue weighted by atomic mass is 32.2. The standard InChI is InChI=1S/C10H9NO2S2/c11-15(12,13)9-5-3-8(4-6-9)10-2-1-7-14-10/h1-7H,(H2,11,12,13). The van der Waals surface area contributed by atoms with E-state index >= 15 is 0 Å². The number of nitrogens with two attached hydrogens (primary N) is 1. The van der Waals surface area contributed by atoms with Gasteiger partial charge in [-0.1, -0.05) is 18.2 Å². The van der Waals surface area contributed by atoms with Crippen LogP contribution in [-0.4, -0.2) is 8.42 Å². The first kappa shape index (κ1) is 10.4. The summed E-state index contributed by atoms with van der Waals surface area (Å²) in [6, 6.07) is 10.5. The summed E-state index contributed by atoms with van der Waals surface area (Å²) in [5.74, 6) is 0. The Morgan fingerprint density at radius 2 is 1.73 bits per heavy atom. The van der Waals surface area contributed by atoms with Gasteiger partial charge in [0.15, 0.2) is 0 Å². The second-order valence-corrected chi connectivity index (χ2v) is 5.56. The third-order valence-electron chi connectivity index (χ3n) is 1.99. The molecule has 3 nitrogen and oxygen atoms in total. The van der Waals surface area contributed by atoms with Crippen LogP contribution in [-0.2, 0) is 10.0 Å². The van der Waals surface area contributed by atoms with E-state index in [1.54, 1.807) is 23.5 Å². The summed E-state index contributed by atoms with van der Waals surface area (Å²) in [7, 11) is -3.58. The van der Waals surface area contributed by atoms with Crippen LogP contribution in [0.2, 0.25) is 0 Å². The minimum absolute atomic E-state index is 0.141. The van der Waals surface area contributed by atoms with Crippen molar-refractivity contribution in [2.75, 3.05) is 0 Å². The fourth-order valence-electron chi connectivity index (χ4n) is 1.25. The quantitative estimate of drug-likeness (QED) is 0.872. The molecule has 15 heavy (non-hydrogen) atoms. The summed E-state index contributed by atoms with van der Waals surface area (Å²) in [6.45, 7) is 0. The van der Waals surface area contributed by atoms with Crippen LogP contribution in [0.15, 0.2) is 46.7 Å². The lowest BCUT2D eigenvalue weighted by Crippen LogP contribution is -2.11. The van der Waals surface area contributed by atoms with Gasteiger partial charge >= 0.3 is 0 Å². The predicted octanol–water partition coefficient (Wildman–Crippen LogP) is 2.06. The van der Waals surface area contributed by atoms with Crippen LogP contribution in [0.4, 0.5) is 0 Å². The predicted molar refractivity (Wildman–Crippen MR) is 61.1 cm³/mol. The minimum atomic E-state index is -3.58. The van der Waals surface area contributed by atoms with E-state index in [4.69, 9.17) is 5.14 Å². The smallest absolute Gasteiger partial charge is 0.225 e. The Hall–Kier alpha value is -1.17. The van der Waals surface area contributed by atoms with Crippen molar-refractivity contribution >= 4 is 21.4 Å². The molecular formula is C10H9NO2S2. The van der Waals surface area contributed by atoms with E-state index in [2.05, 4.69) is 0 Å². The SMILES string of the molecule is NS(=O)(=O)c1ccc(-c2cccs2)cc1. The Labute approximate surface area is 92.2 Å². The van der Waals surface area contributed by atoms with Crippen LogP contribution in [0.25, 0.3) is 10.4 Å². The van der Waals surface area contributed by atoms with Gasteiger partial charge in [-0.25, -0.2) is 13.6 Å². The van der Waals surface area contributed by atoms with Crippen LogP contribution in [0, 0.1) is 0 Å². The first-order chi connectivity index (χ1) is 7.07. The average Bonchev–Trinajstić information content (AvgIpc) is 2.69. The highest BCUT2D eigenvalue weighted by Gasteiger charge is 2.07. The first-order valence-electron chi connectivity index (χ1n) is 4.24. The molecule has 0 aliphatic rings. The third-order valence-corrected chi connectivity index (χ3v) is 3.84. The number of rotatable bonds is 2. The molecule has 5 heteroatoms. The van der Waals surface area contributed by atoms with E-state index in [9.17, 15) is 8.42 Å². The summed E-state index contributed by atoms with van der Waals surface area (Å²) < 4.78 is 22.0.